The van der Waals surface area contributed by atoms with Gasteiger partial charge in [-0.2, -0.15) is 13.4 Å². The summed E-state index contributed by atoms with van der Waals surface area (Å²) in [6, 6.07) is 6.31. The molecule has 10 fully saturated rings. The Bertz CT molecular complexity index is 3820. The minimum absolute atomic E-state index is 0.0137. The third kappa shape index (κ3) is 26.8. The van der Waals surface area contributed by atoms with Crippen molar-refractivity contribution in [3.05, 3.63) is 49.9 Å². The van der Waals surface area contributed by atoms with Gasteiger partial charge in [-0.3, -0.25) is 47.3 Å². The zero-order valence-electron chi connectivity index (χ0n) is 68.7. The molecule has 3 aromatic rings. The number of aromatic amines is 1. The number of carbonyl (C=O) groups is 5. The zero-order valence-corrected chi connectivity index (χ0v) is 70.3. The van der Waals surface area contributed by atoms with Crippen LogP contribution in [-0.2, 0) is 147 Å². The molecule has 23 atom stereocenters. The molecule has 2 aromatic heterocycles. The summed E-state index contributed by atoms with van der Waals surface area (Å²) in [7, 11) is 3.72. The summed E-state index contributed by atoms with van der Waals surface area (Å²) in [4.78, 5) is 87.0. The number of methoxy groups -OCH3 is 5. The fourth-order valence-corrected chi connectivity index (χ4v) is 15.9. The highest BCUT2D eigenvalue weighted by atomic mass is 32.2. The highest BCUT2D eigenvalue weighted by Crippen LogP contribution is 2.43. The largest absolute Gasteiger partial charge is 0.458 e. The van der Waals surface area contributed by atoms with Crippen molar-refractivity contribution in [2.45, 2.75) is 299 Å². The Balaban J connectivity index is 0.000000177. The van der Waals surface area contributed by atoms with Crippen LogP contribution in [0.2, 0.25) is 0 Å². The molecule has 4 unspecified atom stereocenters. The predicted octanol–water partition coefficient (Wildman–Crippen LogP) is 2.72. The summed E-state index contributed by atoms with van der Waals surface area (Å²) in [6.45, 7) is 24.4. The lowest BCUT2D eigenvalue weighted by Crippen LogP contribution is -2.35. The molecule has 12 heterocycles. The molecular weight excluding hydrogens is 1580 g/mol. The predicted molar refractivity (Wildman–Crippen MR) is 398 cm³/mol. The number of benzene rings is 1. The van der Waals surface area contributed by atoms with E-state index in [9.17, 15) is 57.3 Å². The van der Waals surface area contributed by atoms with E-state index in [0.29, 0.717) is 50.0 Å². The SMILES string of the molecule is COCC(=O)[C@@H]1C[C@H]2OC(C)(C)O[C@H]2O1.COCC(C)[C@@H]1C[C@@H](OC(C)=O)C(OC(C)=O)O1.COCC(O)[C@@H]1C[C@H]2OC(C)(C)O[C@H]2O1.COCC(OC(C)=O)[C@@H]1C[C@@H](OC(C)=O)[C@H](n2c(=O)sc3c(=O)[nH]c(N)nc32)O1.COC[C@H](O)[C@@H]1C[C@H]2OC(C)(C)O[C@H]2O1.Cc1ccc(S(=O)(=O)OC[C@H](O)[C@@H]2C[C@H]3OC(C)(C)O[C@H]3O2)cc1. The first-order chi connectivity index (χ1) is 54.3. The number of fused-ring (bicyclic) bond motifs is 5. The Morgan fingerprint density at radius 1 is 0.552 bits per heavy atom. The number of Topliss-reactive ketones (excluding diaryl/α,β-unsaturated/α-hetero) is 1. The van der Waals surface area contributed by atoms with Gasteiger partial charge in [0, 0.05) is 108 Å². The van der Waals surface area contributed by atoms with Gasteiger partial charge in [-0.25, -0.2) is 0 Å². The van der Waals surface area contributed by atoms with Crippen molar-refractivity contribution in [1.29, 1.82) is 0 Å². The summed E-state index contributed by atoms with van der Waals surface area (Å²) in [5.74, 6) is -4.58. The van der Waals surface area contributed by atoms with E-state index in [1.165, 1.54) is 54.0 Å². The van der Waals surface area contributed by atoms with E-state index in [4.69, 9.17) is 119 Å². The number of aliphatic hydroxyl groups is 3. The normalized spacial score (nSPS) is 31.7. The van der Waals surface area contributed by atoms with Crippen LogP contribution in [0.4, 0.5) is 5.95 Å². The molecular formula is C74H114N4O36S2. The number of nitrogens with two attached hydrogens (primary N) is 1. The van der Waals surface area contributed by atoms with E-state index in [-0.39, 0.29) is 128 Å². The number of aromatic nitrogens is 3. The van der Waals surface area contributed by atoms with Crippen LogP contribution in [-0.4, -0.2) is 295 Å². The summed E-state index contributed by atoms with van der Waals surface area (Å²) < 4.78 is 154. The van der Waals surface area contributed by atoms with Crippen molar-refractivity contribution in [2.24, 2.45) is 5.92 Å². The van der Waals surface area contributed by atoms with Gasteiger partial charge in [0.05, 0.1) is 62.3 Å². The maximum absolute atomic E-state index is 12.6. The Morgan fingerprint density at radius 3 is 1.42 bits per heavy atom. The van der Waals surface area contributed by atoms with E-state index in [1.807, 2.05) is 55.4 Å². The van der Waals surface area contributed by atoms with Crippen LogP contribution in [0.25, 0.3) is 10.3 Å². The van der Waals surface area contributed by atoms with Crippen molar-refractivity contribution >= 4 is 67.4 Å². The van der Waals surface area contributed by atoms with Gasteiger partial charge in [0.2, 0.25) is 12.2 Å². The molecule has 10 saturated heterocycles. The molecule has 0 spiro atoms. The van der Waals surface area contributed by atoms with Crippen LogP contribution in [0.3, 0.4) is 0 Å². The van der Waals surface area contributed by atoms with Gasteiger partial charge in [-0.05, 0) is 74.4 Å². The maximum atomic E-state index is 12.6. The van der Waals surface area contributed by atoms with E-state index in [2.05, 4.69) is 9.97 Å². The van der Waals surface area contributed by atoms with Gasteiger partial charge in [-0.1, -0.05) is 36.0 Å². The number of aliphatic hydroxyl groups excluding tert-OH is 3. The van der Waals surface area contributed by atoms with Crippen molar-refractivity contribution < 1.29 is 161 Å². The quantitative estimate of drug-likeness (QED) is 0.0462. The van der Waals surface area contributed by atoms with Gasteiger partial charge in [0.25, 0.3) is 15.7 Å². The Labute approximate surface area is 675 Å². The molecule has 0 bridgehead atoms. The number of anilines is 1. The number of ketones is 1. The molecule has 0 aliphatic carbocycles. The second kappa shape index (κ2) is 41.6. The van der Waals surface area contributed by atoms with Crippen LogP contribution >= 0.6 is 11.3 Å². The van der Waals surface area contributed by atoms with Crippen molar-refractivity contribution in [3.8, 4) is 0 Å². The van der Waals surface area contributed by atoms with Crippen LogP contribution in [0, 0.1) is 12.8 Å². The summed E-state index contributed by atoms with van der Waals surface area (Å²) >= 11 is 0.667. The number of hydrogen-bond acceptors (Lipinski definition) is 39. The fourth-order valence-electron chi connectivity index (χ4n) is 14.1. The molecule has 40 nitrogen and oxygen atoms in total. The first-order valence-corrected chi connectivity index (χ1v) is 40.0. The molecule has 116 heavy (non-hydrogen) atoms. The molecule has 658 valence electrons. The second-order valence-corrected chi connectivity index (χ2v) is 33.3. The highest BCUT2D eigenvalue weighted by Gasteiger charge is 2.55. The second-order valence-electron chi connectivity index (χ2n) is 30.7. The molecule has 42 heteroatoms. The Kier molecular flexibility index (Phi) is 34.3. The molecule has 1 aromatic carbocycles. The van der Waals surface area contributed by atoms with E-state index >= 15 is 0 Å². The minimum atomic E-state index is -3.92. The number of nitrogens with zero attached hydrogens (tertiary/aromatic N) is 2. The van der Waals surface area contributed by atoms with Gasteiger partial charge in [0.1, 0.15) is 72.3 Å². The zero-order chi connectivity index (χ0) is 85.7. The number of nitrogens with one attached hydrogen (secondary N) is 1. The first-order valence-electron chi connectivity index (χ1n) is 37.8. The van der Waals surface area contributed by atoms with E-state index in [1.54, 1.807) is 47.3 Å². The summed E-state index contributed by atoms with van der Waals surface area (Å²) in [6.07, 6.45) is -8.18. The highest BCUT2D eigenvalue weighted by molar-refractivity contribution is 7.86. The molecule has 10 aliphatic heterocycles. The third-order valence-corrected chi connectivity index (χ3v) is 21.1. The van der Waals surface area contributed by atoms with Crippen LogP contribution in [0.5, 0.6) is 0 Å². The van der Waals surface area contributed by atoms with Crippen LogP contribution in [0.1, 0.15) is 140 Å². The smallest absolute Gasteiger partial charge is 0.311 e. The lowest BCUT2D eigenvalue weighted by atomic mass is 10.0. The topological polar surface area (TPSA) is 495 Å². The fraction of sp³-hybridized carbons (Fsp3) is 0.784. The molecule has 0 amide bonds. The lowest BCUT2D eigenvalue weighted by Gasteiger charge is -2.22. The van der Waals surface area contributed by atoms with Crippen molar-refractivity contribution in [3.63, 3.8) is 0 Å². The third-order valence-electron chi connectivity index (χ3n) is 18.9. The Morgan fingerprint density at radius 2 is 0.991 bits per heavy atom. The van der Waals surface area contributed by atoms with Gasteiger partial charge in [-0.15, -0.1) is 0 Å². The number of ether oxygens (including phenoxy) is 23. The Hall–Kier alpha value is -5.83. The number of aryl methyl sites for hydroxylation is 1. The van der Waals surface area contributed by atoms with Crippen molar-refractivity contribution in [2.75, 3.05) is 80.9 Å². The van der Waals surface area contributed by atoms with E-state index < -0.39 is 148 Å². The molecule has 10 aliphatic rings. The lowest BCUT2D eigenvalue weighted by molar-refractivity contribution is -0.216. The first kappa shape index (κ1) is 95.6. The summed E-state index contributed by atoms with van der Waals surface area (Å²) in [5.41, 5.74) is 6.00. The molecule has 0 radical (unpaired) electrons. The van der Waals surface area contributed by atoms with Crippen molar-refractivity contribution in [1.82, 2.24) is 14.5 Å². The number of nitrogen functional groups attached to an aromatic ring is 1. The standard InChI is InChI=1S/C16H20N4O8S.C16H22O7S.C12H20O6.2C10H18O5.C10H16O5/c1-6(21)26-9-4-8(10(5-25-3)27-7(2)22)28-14(9)20-12-11(29-16(20)24)13(23)19-15(17)18-12;1-10-4-6-11(7-5-10)24(18,19)20-9-12(17)13-8-14-15(21-13)23-16(2,3)22-14;1-7(6-15-4)10-5-11(16-8(2)13)12(18-10)17-9(3)14;3*1-10(2)14-8-4-7(6(11)5-12-3)13-9(8)15-10/h8-10,14H,4-5H2,1-3H3,(H3,17,18,19,23);4-7,12-15,17H,8-9H2,1-3H3;7,10-12H,5-6H2,1-4H3;2*6-9,11H,4-5H2,1-3H3;7-9H,4-5H2,1-3H3/t8-,9+,10?,14+;12-,13-,14+,15+;7?,10-,11+,12?;6?,7-,8+,9+;6-,7-,8+,9+;7-,8+,9+/m000000/s1. The van der Waals surface area contributed by atoms with E-state index in [0.717, 1.165) is 10.1 Å². The monoisotopic (exact) mass is 1700 g/mol. The number of H-pyrrole nitrogens is 1. The van der Waals surface area contributed by atoms with Gasteiger partial charge in [0.15, 0.2) is 78.2 Å². The van der Waals surface area contributed by atoms with Crippen LogP contribution in [0.15, 0.2) is 38.8 Å². The molecule has 0 saturated carbocycles. The number of esters is 4. The average Bonchev–Trinajstić information content (AvgIpc) is 1.58. The minimum Gasteiger partial charge on any atom is -0.458 e. The number of rotatable bonds is 25. The maximum Gasteiger partial charge on any atom is 0.311 e. The van der Waals surface area contributed by atoms with Gasteiger partial charge >= 0.3 is 28.8 Å². The number of hydrogen-bond donors (Lipinski definition) is 5. The van der Waals surface area contributed by atoms with Crippen LogP contribution < -0.4 is 16.2 Å². The number of thiazole rings is 1. The molecule has 6 N–H and O–H groups in total. The van der Waals surface area contributed by atoms with Gasteiger partial charge < -0.3 is 130 Å². The summed E-state index contributed by atoms with van der Waals surface area (Å²) in [5, 5.41) is 29.5. The average molecular weight is 1700 g/mol. The number of carbonyl (C=O) groups excluding carboxylic acids is 5. The molecule has 13 rings (SSSR count).